The summed E-state index contributed by atoms with van der Waals surface area (Å²) >= 11 is 6.04. The maximum absolute atomic E-state index is 12.6. The molecular formula is C22H20ClN5O2. The highest BCUT2D eigenvalue weighted by atomic mass is 35.5. The zero-order valence-corrected chi connectivity index (χ0v) is 17.4. The Kier molecular flexibility index (Phi) is 5.37. The van der Waals surface area contributed by atoms with Gasteiger partial charge in [0.05, 0.1) is 18.6 Å². The standard InChI is InChI=1S/C22H20ClN5O2/c1-26-20-19(21(29)27(2)22(26)30)28(14-25-20)13-12-24-18(15-6-4-3-5-7-15)16-8-10-17(23)11-9-16/h3-11,14H,12-13H2,1-2H3. The molecule has 2 aromatic heterocycles. The Morgan fingerprint density at radius 1 is 0.967 bits per heavy atom. The van der Waals surface area contributed by atoms with Crippen molar-refractivity contribution in [2.75, 3.05) is 6.54 Å². The van der Waals surface area contributed by atoms with E-state index in [0.29, 0.717) is 29.3 Å². The molecule has 2 heterocycles. The van der Waals surface area contributed by atoms with Crippen LogP contribution in [-0.4, -0.2) is 30.9 Å². The van der Waals surface area contributed by atoms with Gasteiger partial charge in [-0.1, -0.05) is 54.1 Å². The molecule has 30 heavy (non-hydrogen) atoms. The fourth-order valence-electron chi connectivity index (χ4n) is 3.39. The van der Waals surface area contributed by atoms with Crippen LogP contribution in [0.1, 0.15) is 11.1 Å². The van der Waals surface area contributed by atoms with Crippen molar-refractivity contribution in [1.29, 1.82) is 0 Å². The van der Waals surface area contributed by atoms with Gasteiger partial charge in [0.2, 0.25) is 0 Å². The molecule has 0 fully saturated rings. The van der Waals surface area contributed by atoms with E-state index in [1.807, 2.05) is 54.6 Å². The molecule has 0 amide bonds. The van der Waals surface area contributed by atoms with Crippen LogP contribution >= 0.6 is 11.6 Å². The topological polar surface area (TPSA) is 74.2 Å². The number of imidazole rings is 1. The number of aromatic nitrogens is 4. The molecule has 8 heteroatoms. The molecule has 4 rings (SSSR count). The van der Waals surface area contributed by atoms with E-state index in [0.717, 1.165) is 21.4 Å². The van der Waals surface area contributed by atoms with Crippen molar-refractivity contribution in [2.24, 2.45) is 19.1 Å². The zero-order valence-electron chi connectivity index (χ0n) is 16.6. The van der Waals surface area contributed by atoms with Crippen molar-refractivity contribution in [3.63, 3.8) is 0 Å². The average molecular weight is 422 g/mol. The molecule has 4 aromatic rings. The minimum Gasteiger partial charge on any atom is -0.323 e. The first kappa shape index (κ1) is 19.8. The van der Waals surface area contributed by atoms with E-state index in [9.17, 15) is 9.59 Å². The fourth-order valence-corrected chi connectivity index (χ4v) is 3.52. The highest BCUT2D eigenvalue weighted by Gasteiger charge is 2.14. The molecule has 0 bridgehead atoms. The lowest BCUT2D eigenvalue weighted by molar-refractivity contribution is 0.690. The van der Waals surface area contributed by atoms with E-state index in [4.69, 9.17) is 16.6 Å². The van der Waals surface area contributed by atoms with Crippen LogP contribution in [0.2, 0.25) is 5.02 Å². The Morgan fingerprint density at radius 3 is 2.33 bits per heavy atom. The minimum atomic E-state index is -0.398. The molecule has 0 spiro atoms. The van der Waals surface area contributed by atoms with Crippen LogP contribution in [0.15, 0.2) is 75.5 Å². The summed E-state index contributed by atoms with van der Waals surface area (Å²) in [5.74, 6) is 0. The van der Waals surface area contributed by atoms with Crippen LogP contribution in [0.4, 0.5) is 0 Å². The lowest BCUT2D eigenvalue weighted by Gasteiger charge is -2.09. The molecule has 0 unspecified atom stereocenters. The molecule has 0 atom stereocenters. The molecule has 0 N–H and O–H groups in total. The Labute approximate surface area is 177 Å². The SMILES string of the molecule is Cn1c(=O)c2c(ncn2CCN=C(c2ccccc2)c2ccc(Cl)cc2)n(C)c1=O. The zero-order chi connectivity index (χ0) is 21.3. The lowest BCUT2D eigenvalue weighted by Crippen LogP contribution is -2.37. The van der Waals surface area contributed by atoms with Crippen LogP contribution in [0.25, 0.3) is 11.2 Å². The van der Waals surface area contributed by atoms with Crippen LogP contribution in [0.3, 0.4) is 0 Å². The van der Waals surface area contributed by atoms with Crippen molar-refractivity contribution >= 4 is 28.5 Å². The van der Waals surface area contributed by atoms with Crippen LogP contribution in [0, 0.1) is 0 Å². The van der Waals surface area contributed by atoms with Gasteiger partial charge in [0.25, 0.3) is 5.56 Å². The van der Waals surface area contributed by atoms with Gasteiger partial charge in [-0.05, 0) is 12.1 Å². The number of benzene rings is 2. The van der Waals surface area contributed by atoms with Gasteiger partial charge < -0.3 is 4.57 Å². The van der Waals surface area contributed by atoms with Gasteiger partial charge in [-0.3, -0.25) is 18.9 Å². The van der Waals surface area contributed by atoms with Crippen molar-refractivity contribution in [3.05, 3.63) is 97.9 Å². The highest BCUT2D eigenvalue weighted by Crippen LogP contribution is 2.15. The molecule has 0 aliphatic heterocycles. The number of aryl methyl sites for hydroxylation is 1. The third kappa shape index (κ3) is 3.59. The Morgan fingerprint density at radius 2 is 1.63 bits per heavy atom. The average Bonchev–Trinajstić information content (AvgIpc) is 3.19. The summed E-state index contributed by atoms with van der Waals surface area (Å²) in [6.07, 6.45) is 1.57. The van der Waals surface area contributed by atoms with E-state index >= 15 is 0 Å². The second kappa shape index (κ2) is 8.12. The van der Waals surface area contributed by atoms with Crippen molar-refractivity contribution < 1.29 is 0 Å². The molecular weight excluding hydrogens is 402 g/mol. The van der Waals surface area contributed by atoms with Gasteiger partial charge in [0.15, 0.2) is 11.2 Å². The number of halogens is 1. The van der Waals surface area contributed by atoms with Crippen molar-refractivity contribution in [1.82, 2.24) is 18.7 Å². The smallest absolute Gasteiger partial charge is 0.323 e. The second-order valence-corrected chi connectivity index (χ2v) is 7.36. The lowest BCUT2D eigenvalue weighted by atomic mass is 10.0. The number of nitrogens with zero attached hydrogens (tertiary/aromatic N) is 5. The number of rotatable bonds is 5. The van der Waals surface area contributed by atoms with Gasteiger partial charge in [-0.25, -0.2) is 9.78 Å². The minimum absolute atomic E-state index is 0.365. The van der Waals surface area contributed by atoms with Gasteiger partial charge in [-0.15, -0.1) is 0 Å². The van der Waals surface area contributed by atoms with E-state index in [1.165, 1.54) is 11.6 Å². The number of aliphatic imine (C=N–C) groups is 1. The predicted octanol–water partition coefficient (Wildman–Crippen LogP) is 2.62. The molecule has 0 saturated heterocycles. The van der Waals surface area contributed by atoms with E-state index < -0.39 is 5.69 Å². The molecule has 0 saturated carbocycles. The second-order valence-electron chi connectivity index (χ2n) is 6.92. The largest absolute Gasteiger partial charge is 0.332 e. The first-order valence-electron chi connectivity index (χ1n) is 9.44. The van der Waals surface area contributed by atoms with Crippen LogP contribution < -0.4 is 11.2 Å². The molecule has 2 aromatic carbocycles. The van der Waals surface area contributed by atoms with Crippen LogP contribution in [-0.2, 0) is 20.6 Å². The van der Waals surface area contributed by atoms with Crippen molar-refractivity contribution in [3.8, 4) is 0 Å². The van der Waals surface area contributed by atoms with Gasteiger partial charge in [0.1, 0.15) is 0 Å². The summed E-state index contributed by atoms with van der Waals surface area (Å²) in [7, 11) is 3.07. The first-order chi connectivity index (χ1) is 14.5. The summed E-state index contributed by atoms with van der Waals surface area (Å²) in [5, 5.41) is 0.664. The quantitative estimate of drug-likeness (QED) is 0.465. The Balaban J connectivity index is 1.70. The highest BCUT2D eigenvalue weighted by molar-refractivity contribution is 6.30. The Hall–Kier alpha value is -3.45. The predicted molar refractivity (Wildman–Crippen MR) is 119 cm³/mol. The summed E-state index contributed by atoms with van der Waals surface area (Å²) in [4.78, 5) is 33.8. The monoisotopic (exact) mass is 421 g/mol. The first-order valence-corrected chi connectivity index (χ1v) is 9.82. The molecule has 0 aliphatic rings. The third-order valence-electron chi connectivity index (χ3n) is 4.99. The van der Waals surface area contributed by atoms with Gasteiger partial charge in [-0.2, -0.15) is 0 Å². The molecule has 0 aliphatic carbocycles. The maximum atomic E-state index is 12.6. The van der Waals surface area contributed by atoms with Crippen LogP contribution in [0.5, 0.6) is 0 Å². The van der Waals surface area contributed by atoms with Gasteiger partial charge in [0, 0.05) is 36.8 Å². The third-order valence-corrected chi connectivity index (χ3v) is 5.24. The summed E-state index contributed by atoms with van der Waals surface area (Å²) in [6, 6.07) is 17.4. The Bertz CT molecular complexity index is 1350. The number of hydrogen-bond donors (Lipinski definition) is 0. The number of fused-ring (bicyclic) bond motifs is 1. The molecule has 152 valence electrons. The van der Waals surface area contributed by atoms with E-state index in [-0.39, 0.29) is 5.56 Å². The maximum Gasteiger partial charge on any atom is 0.332 e. The fraction of sp³-hybridized carbons (Fsp3) is 0.182. The summed E-state index contributed by atoms with van der Waals surface area (Å²) in [6.45, 7) is 0.887. The summed E-state index contributed by atoms with van der Waals surface area (Å²) < 4.78 is 4.21. The normalized spacial score (nSPS) is 11.9. The van der Waals surface area contributed by atoms with E-state index in [2.05, 4.69) is 4.98 Å². The molecule has 0 radical (unpaired) electrons. The van der Waals surface area contributed by atoms with Crippen molar-refractivity contribution in [2.45, 2.75) is 6.54 Å². The molecule has 7 nitrogen and oxygen atoms in total. The number of hydrogen-bond acceptors (Lipinski definition) is 4. The summed E-state index contributed by atoms with van der Waals surface area (Å²) in [5.41, 5.74) is 2.79. The van der Waals surface area contributed by atoms with E-state index in [1.54, 1.807) is 17.9 Å². The van der Waals surface area contributed by atoms with Gasteiger partial charge >= 0.3 is 5.69 Å².